The predicted molar refractivity (Wildman–Crippen MR) is 79.2 cm³/mol. The number of anilines is 1. The van der Waals surface area contributed by atoms with Gasteiger partial charge in [-0.15, -0.1) is 0 Å². The second kappa shape index (κ2) is 4.96. The third-order valence-corrected chi connectivity index (χ3v) is 3.28. The molecule has 0 aliphatic rings. The highest BCUT2D eigenvalue weighted by molar-refractivity contribution is 6.07. The lowest BCUT2D eigenvalue weighted by molar-refractivity contribution is 0.0911. The summed E-state index contributed by atoms with van der Waals surface area (Å²) in [5, 5.41) is 3.98. The lowest BCUT2D eigenvalue weighted by Crippen LogP contribution is -2.43. The summed E-state index contributed by atoms with van der Waals surface area (Å²) in [5.41, 5.74) is 7.78. The number of aromatic nitrogens is 1. The number of aromatic amines is 1. The van der Waals surface area contributed by atoms with Gasteiger partial charge in [0.05, 0.1) is 5.56 Å². The van der Waals surface area contributed by atoms with E-state index in [9.17, 15) is 4.79 Å². The topological polar surface area (TPSA) is 70.9 Å². The van der Waals surface area contributed by atoms with Crippen LogP contribution in [0.5, 0.6) is 0 Å². The largest absolute Gasteiger partial charge is 0.399 e. The molecule has 4 N–H and O–H groups in total. The summed E-state index contributed by atoms with van der Waals surface area (Å²) in [6.07, 6.45) is 3.73. The van der Waals surface area contributed by atoms with Crippen LogP contribution in [0.4, 0.5) is 5.69 Å². The van der Waals surface area contributed by atoms with Gasteiger partial charge in [0.2, 0.25) is 0 Å². The molecule has 0 bridgehead atoms. The van der Waals surface area contributed by atoms with Crippen molar-refractivity contribution >= 4 is 22.5 Å². The predicted octanol–water partition coefficient (Wildman–Crippen LogP) is 3.06. The normalized spacial score (nSPS) is 11.7. The summed E-state index contributed by atoms with van der Waals surface area (Å²) < 4.78 is 0. The highest BCUT2D eigenvalue weighted by Crippen LogP contribution is 2.21. The molecule has 0 radical (unpaired) electrons. The molecule has 1 aromatic carbocycles. The number of H-pyrrole nitrogens is 1. The molecule has 102 valence electrons. The molecule has 2 aromatic rings. The number of nitrogens with two attached hydrogens (primary N) is 1. The molecule has 0 aliphatic heterocycles. The highest BCUT2D eigenvalue weighted by Gasteiger charge is 2.21. The molecule has 0 saturated heterocycles. The van der Waals surface area contributed by atoms with Gasteiger partial charge in [-0.1, -0.05) is 13.3 Å². The van der Waals surface area contributed by atoms with E-state index in [1.54, 1.807) is 6.20 Å². The molecule has 1 aromatic heterocycles. The maximum atomic E-state index is 12.3. The fourth-order valence-electron chi connectivity index (χ4n) is 2.39. The zero-order chi connectivity index (χ0) is 14.0. The molecule has 0 fully saturated rings. The van der Waals surface area contributed by atoms with Gasteiger partial charge in [0.15, 0.2) is 0 Å². The number of carbonyl (C=O) groups is 1. The number of carbonyl (C=O) groups excluding carboxylic acids is 1. The van der Waals surface area contributed by atoms with Crippen LogP contribution in [0.1, 0.15) is 44.0 Å². The maximum absolute atomic E-state index is 12.3. The molecule has 1 heterocycles. The van der Waals surface area contributed by atoms with Crippen molar-refractivity contribution < 1.29 is 4.79 Å². The quantitative estimate of drug-likeness (QED) is 0.738. The first kappa shape index (κ1) is 13.5. The van der Waals surface area contributed by atoms with Gasteiger partial charge in [-0.05, 0) is 38.5 Å². The number of amides is 1. The van der Waals surface area contributed by atoms with Crippen LogP contribution in [-0.2, 0) is 0 Å². The van der Waals surface area contributed by atoms with Gasteiger partial charge in [0, 0.05) is 28.3 Å². The van der Waals surface area contributed by atoms with Crippen LogP contribution in [-0.4, -0.2) is 16.4 Å². The van der Waals surface area contributed by atoms with Crippen molar-refractivity contribution in [3.63, 3.8) is 0 Å². The Labute approximate surface area is 113 Å². The molecule has 0 aliphatic carbocycles. The molecule has 0 saturated carbocycles. The van der Waals surface area contributed by atoms with E-state index in [4.69, 9.17) is 5.73 Å². The second-order valence-electron chi connectivity index (χ2n) is 5.60. The number of nitrogen functional groups attached to an aromatic ring is 1. The molecular weight excluding hydrogens is 238 g/mol. The van der Waals surface area contributed by atoms with E-state index in [1.807, 2.05) is 32.0 Å². The van der Waals surface area contributed by atoms with Crippen LogP contribution in [0, 0.1) is 0 Å². The third-order valence-electron chi connectivity index (χ3n) is 3.28. The Bertz CT molecular complexity index is 598. The first-order valence-corrected chi connectivity index (χ1v) is 6.62. The molecule has 2 rings (SSSR count). The fourth-order valence-corrected chi connectivity index (χ4v) is 2.39. The second-order valence-corrected chi connectivity index (χ2v) is 5.60. The Morgan fingerprint density at radius 1 is 1.42 bits per heavy atom. The van der Waals surface area contributed by atoms with Crippen LogP contribution in [0.3, 0.4) is 0 Å². The van der Waals surface area contributed by atoms with Crippen LogP contribution in [0.25, 0.3) is 10.9 Å². The molecule has 19 heavy (non-hydrogen) atoms. The van der Waals surface area contributed by atoms with Crippen LogP contribution in [0.15, 0.2) is 24.4 Å². The average molecular weight is 259 g/mol. The van der Waals surface area contributed by atoms with Crippen molar-refractivity contribution in [2.75, 3.05) is 5.73 Å². The number of nitrogens with one attached hydrogen (secondary N) is 2. The van der Waals surface area contributed by atoms with Gasteiger partial charge < -0.3 is 16.0 Å². The zero-order valence-electron chi connectivity index (χ0n) is 11.7. The first-order chi connectivity index (χ1) is 8.93. The minimum absolute atomic E-state index is 0.0468. The van der Waals surface area contributed by atoms with Crippen LogP contribution >= 0.6 is 0 Å². The van der Waals surface area contributed by atoms with Gasteiger partial charge in [0.1, 0.15) is 0 Å². The van der Waals surface area contributed by atoms with E-state index >= 15 is 0 Å². The van der Waals surface area contributed by atoms with Crippen molar-refractivity contribution in [3.05, 3.63) is 30.0 Å². The number of benzene rings is 1. The molecular formula is C15H21N3O. The van der Waals surface area contributed by atoms with E-state index in [1.165, 1.54) is 0 Å². The maximum Gasteiger partial charge on any atom is 0.253 e. The third kappa shape index (κ3) is 2.89. The molecule has 1 amide bonds. The summed E-state index contributed by atoms with van der Waals surface area (Å²) in [4.78, 5) is 15.4. The smallest absolute Gasteiger partial charge is 0.253 e. The first-order valence-electron chi connectivity index (χ1n) is 6.62. The molecule has 4 heteroatoms. The standard InChI is InChI=1S/C15H21N3O/c1-4-7-15(2,3)18-14(19)12-9-17-13-8-10(16)5-6-11(12)13/h5-6,8-9,17H,4,7,16H2,1-3H3,(H,18,19). The van der Waals surface area contributed by atoms with E-state index in [-0.39, 0.29) is 11.4 Å². The van der Waals surface area contributed by atoms with Crippen molar-refractivity contribution in [2.45, 2.75) is 39.2 Å². The number of rotatable bonds is 4. The summed E-state index contributed by atoms with van der Waals surface area (Å²) in [6.45, 7) is 6.20. The van der Waals surface area contributed by atoms with Gasteiger partial charge in [-0.3, -0.25) is 4.79 Å². The van der Waals surface area contributed by atoms with Crippen molar-refractivity contribution in [3.8, 4) is 0 Å². The Balaban J connectivity index is 2.27. The van der Waals surface area contributed by atoms with E-state index in [2.05, 4.69) is 17.2 Å². The van der Waals surface area contributed by atoms with Crippen molar-refractivity contribution in [1.82, 2.24) is 10.3 Å². The van der Waals surface area contributed by atoms with Crippen LogP contribution in [0.2, 0.25) is 0 Å². The summed E-state index contributed by atoms with van der Waals surface area (Å²) in [6, 6.07) is 5.52. The number of hydrogen-bond donors (Lipinski definition) is 3. The highest BCUT2D eigenvalue weighted by atomic mass is 16.1. The average Bonchev–Trinajstić information content (AvgIpc) is 2.70. The lowest BCUT2D eigenvalue weighted by Gasteiger charge is -2.25. The van der Waals surface area contributed by atoms with Gasteiger partial charge in [-0.25, -0.2) is 0 Å². The van der Waals surface area contributed by atoms with E-state index < -0.39 is 0 Å². The lowest BCUT2D eigenvalue weighted by atomic mass is 9.98. The van der Waals surface area contributed by atoms with Gasteiger partial charge >= 0.3 is 0 Å². The molecule has 0 atom stereocenters. The van der Waals surface area contributed by atoms with Gasteiger partial charge in [-0.2, -0.15) is 0 Å². The Morgan fingerprint density at radius 3 is 2.84 bits per heavy atom. The molecule has 0 unspecified atom stereocenters. The Kier molecular flexibility index (Phi) is 3.51. The summed E-state index contributed by atoms with van der Waals surface area (Å²) in [7, 11) is 0. The summed E-state index contributed by atoms with van der Waals surface area (Å²) in [5.74, 6) is -0.0468. The Morgan fingerprint density at radius 2 is 2.16 bits per heavy atom. The molecule has 0 spiro atoms. The Hall–Kier alpha value is -1.97. The summed E-state index contributed by atoms with van der Waals surface area (Å²) >= 11 is 0. The van der Waals surface area contributed by atoms with Crippen molar-refractivity contribution in [2.24, 2.45) is 0 Å². The fraction of sp³-hybridized carbons (Fsp3) is 0.400. The van der Waals surface area contributed by atoms with Gasteiger partial charge in [0.25, 0.3) is 5.91 Å². The zero-order valence-corrected chi connectivity index (χ0v) is 11.7. The minimum Gasteiger partial charge on any atom is -0.399 e. The SMILES string of the molecule is CCCC(C)(C)NC(=O)c1c[nH]c2cc(N)ccc12. The molecule has 4 nitrogen and oxygen atoms in total. The van der Waals surface area contributed by atoms with Crippen molar-refractivity contribution in [1.29, 1.82) is 0 Å². The van der Waals surface area contributed by atoms with Crippen LogP contribution < -0.4 is 11.1 Å². The monoisotopic (exact) mass is 259 g/mol. The number of fused-ring (bicyclic) bond motifs is 1. The van der Waals surface area contributed by atoms with E-state index in [0.29, 0.717) is 11.3 Å². The van der Waals surface area contributed by atoms with E-state index in [0.717, 1.165) is 23.7 Å². The number of hydrogen-bond acceptors (Lipinski definition) is 2. The minimum atomic E-state index is -0.191.